The van der Waals surface area contributed by atoms with Crippen LogP contribution in [0.5, 0.6) is 5.75 Å². The van der Waals surface area contributed by atoms with Gasteiger partial charge in [-0.1, -0.05) is 24.0 Å². The zero-order valence-electron chi connectivity index (χ0n) is 11.6. The van der Waals surface area contributed by atoms with Crippen LogP contribution in [-0.2, 0) is 0 Å². The second kappa shape index (κ2) is 7.79. The van der Waals surface area contributed by atoms with E-state index in [2.05, 4.69) is 17.2 Å². The summed E-state index contributed by atoms with van der Waals surface area (Å²) in [6.07, 6.45) is 0. The summed E-state index contributed by atoms with van der Waals surface area (Å²) in [7, 11) is 0. The van der Waals surface area contributed by atoms with Crippen molar-refractivity contribution in [2.45, 2.75) is 0 Å². The summed E-state index contributed by atoms with van der Waals surface area (Å²) >= 11 is 0. The third-order valence-corrected chi connectivity index (χ3v) is 2.71. The minimum Gasteiger partial charge on any atom is -0.478 e. The minimum atomic E-state index is -0.450. The number of carbonyl (C=O) groups excluding carboxylic acids is 1. The maximum absolute atomic E-state index is 13.2. The molecule has 0 unspecified atom stereocenters. The highest BCUT2D eigenvalue weighted by atomic mass is 19.1. The first-order valence-electron chi connectivity index (χ1n) is 6.53. The Balaban J connectivity index is 1.74. The summed E-state index contributed by atoms with van der Waals surface area (Å²) in [5.74, 6) is 4.28. The highest BCUT2D eigenvalue weighted by molar-refractivity contribution is 5.94. The molecule has 5 heteroatoms. The second-order valence-electron chi connectivity index (χ2n) is 4.26. The average Bonchev–Trinajstić information content (AvgIpc) is 2.53. The molecule has 0 fully saturated rings. The topological polar surface area (TPSA) is 38.3 Å². The van der Waals surface area contributed by atoms with Crippen molar-refractivity contribution in [1.82, 2.24) is 5.32 Å². The molecule has 0 heterocycles. The molecule has 0 aliphatic carbocycles. The van der Waals surface area contributed by atoms with Gasteiger partial charge in [-0.3, -0.25) is 4.79 Å². The van der Waals surface area contributed by atoms with Gasteiger partial charge in [0.1, 0.15) is 12.4 Å². The summed E-state index contributed by atoms with van der Waals surface area (Å²) in [5.41, 5.74) is 0.353. The first-order valence-corrected chi connectivity index (χ1v) is 6.53. The standard InChI is InChI=1S/C17H13F2NO2/c18-14-9-7-13(8-10-14)17(21)20-11-3-4-12-22-16-6-2-1-5-15(16)19/h1-2,5-10H,11-12H2,(H,20,21). The van der Waals surface area contributed by atoms with Crippen LogP contribution in [0, 0.1) is 23.5 Å². The van der Waals surface area contributed by atoms with E-state index in [1.165, 1.54) is 36.4 Å². The predicted molar refractivity (Wildman–Crippen MR) is 78.4 cm³/mol. The van der Waals surface area contributed by atoms with Crippen molar-refractivity contribution in [3.63, 3.8) is 0 Å². The lowest BCUT2D eigenvalue weighted by Gasteiger charge is -2.02. The number of benzene rings is 2. The van der Waals surface area contributed by atoms with Gasteiger partial charge in [-0.2, -0.15) is 0 Å². The van der Waals surface area contributed by atoms with E-state index in [9.17, 15) is 13.6 Å². The summed E-state index contributed by atoms with van der Waals surface area (Å²) in [4.78, 5) is 11.7. The lowest BCUT2D eigenvalue weighted by molar-refractivity contribution is 0.0958. The lowest BCUT2D eigenvalue weighted by Crippen LogP contribution is -2.23. The molecule has 0 aliphatic rings. The Morgan fingerprint density at radius 2 is 1.77 bits per heavy atom. The van der Waals surface area contributed by atoms with Gasteiger partial charge in [0.05, 0.1) is 6.54 Å². The zero-order valence-corrected chi connectivity index (χ0v) is 11.6. The van der Waals surface area contributed by atoms with Crippen LogP contribution in [0.1, 0.15) is 10.4 Å². The van der Waals surface area contributed by atoms with Crippen molar-refractivity contribution in [3.8, 4) is 17.6 Å². The molecular weight excluding hydrogens is 288 g/mol. The molecule has 0 spiro atoms. The number of para-hydroxylation sites is 1. The summed E-state index contributed by atoms with van der Waals surface area (Å²) in [5, 5.41) is 2.56. The summed E-state index contributed by atoms with van der Waals surface area (Å²) in [6.45, 7) is 0.143. The highest BCUT2D eigenvalue weighted by Gasteiger charge is 2.03. The fraction of sp³-hybridized carbons (Fsp3) is 0.118. The van der Waals surface area contributed by atoms with Crippen LogP contribution in [0.3, 0.4) is 0 Å². The molecule has 0 radical (unpaired) electrons. The van der Waals surface area contributed by atoms with Crippen LogP contribution in [0.4, 0.5) is 8.78 Å². The largest absolute Gasteiger partial charge is 0.478 e. The molecule has 0 saturated carbocycles. The number of amides is 1. The molecule has 22 heavy (non-hydrogen) atoms. The van der Waals surface area contributed by atoms with Crippen LogP contribution in [-0.4, -0.2) is 19.1 Å². The third kappa shape index (κ3) is 4.60. The fourth-order valence-corrected chi connectivity index (χ4v) is 1.62. The number of hydrogen-bond donors (Lipinski definition) is 1. The van der Waals surface area contributed by atoms with Crippen molar-refractivity contribution < 1.29 is 18.3 Å². The quantitative estimate of drug-likeness (QED) is 0.882. The molecule has 0 atom stereocenters. The van der Waals surface area contributed by atoms with E-state index < -0.39 is 11.6 Å². The van der Waals surface area contributed by atoms with Gasteiger partial charge >= 0.3 is 0 Å². The van der Waals surface area contributed by atoms with Gasteiger partial charge in [-0.25, -0.2) is 8.78 Å². The maximum Gasteiger partial charge on any atom is 0.252 e. The fourth-order valence-electron chi connectivity index (χ4n) is 1.62. The summed E-state index contributed by atoms with van der Waals surface area (Å²) in [6, 6.07) is 11.2. The average molecular weight is 301 g/mol. The molecule has 0 saturated heterocycles. The van der Waals surface area contributed by atoms with E-state index >= 15 is 0 Å². The van der Waals surface area contributed by atoms with E-state index in [0.29, 0.717) is 5.56 Å². The van der Waals surface area contributed by atoms with Crippen molar-refractivity contribution in [3.05, 3.63) is 65.7 Å². The summed E-state index contributed by atoms with van der Waals surface area (Å²) < 4.78 is 31.1. The molecular formula is C17H13F2NO2. The van der Waals surface area contributed by atoms with E-state index in [1.54, 1.807) is 12.1 Å². The zero-order chi connectivity index (χ0) is 15.8. The van der Waals surface area contributed by atoms with Crippen molar-refractivity contribution >= 4 is 5.91 Å². The van der Waals surface area contributed by atoms with E-state index in [-0.39, 0.29) is 24.8 Å². The SMILES string of the molecule is O=C(NCC#CCOc1ccccc1F)c1ccc(F)cc1. The number of ether oxygens (including phenoxy) is 1. The number of halogens is 2. The molecule has 1 N–H and O–H groups in total. The Kier molecular flexibility index (Phi) is 5.50. The van der Waals surface area contributed by atoms with Crippen molar-refractivity contribution in [2.75, 3.05) is 13.2 Å². The van der Waals surface area contributed by atoms with Crippen LogP contribution in [0.15, 0.2) is 48.5 Å². The van der Waals surface area contributed by atoms with Crippen LogP contribution < -0.4 is 10.1 Å². The van der Waals surface area contributed by atoms with E-state index in [0.717, 1.165) is 0 Å². The van der Waals surface area contributed by atoms with Gasteiger partial charge < -0.3 is 10.1 Å². The van der Waals surface area contributed by atoms with Gasteiger partial charge in [0.15, 0.2) is 11.6 Å². The Labute approximate surface area is 126 Å². The lowest BCUT2D eigenvalue weighted by atomic mass is 10.2. The Morgan fingerprint density at radius 3 is 2.50 bits per heavy atom. The van der Waals surface area contributed by atoms with E-state index in [4.69, 9.17) is 4.74 Å². The second-order valence-corrected chi connectivity index (χ2v) is 4.26. The Morgan fingerprint density at radius 1 is 1.05 bits per heavy atom. The van der Waals surface area contributed by atoms with E-state index in [1.807, 2.05) is 0 Å². The van der Waals surface area contributed by atoms with Gasteiger partial charge in [-0.15, -0.1) is 0 Å². The highest BCUT2D eigenvalue weighted by Crippen LogP contribution is 2.14. The van der Waals surface area contributed by atoms with Gasteiger partial charge in [-0.05, 0) is 36.4 Å². The molecule has 2 aromatic carbocycles. The molecule has 0 aromatic heterocycles. The smallest absolute Gasteiger partial charge is 0.252 e. The Bertz CT molecular complexity index is 703. The number of carbonyl (C=O) groups is 1. The third-order valence-electron chi connectivity index (χ3n) is 2.71. The molecule has 3 nitrogen and oxygen atoms in total. The van der Waals surface area contributed by atoms with Crippen LogP contribution >= 0.6 is 0 Å². The molecule has 0 bridgehead atoms. The number of nitrogens with one attached hydrogen (secondary N) is 1. The monoisotopic (exact) mass is 301 g/mol. The molecule has 0 aliphatic heterocycles. The van der Waals surface area contributed by atoms with Crippen LogP contribution in [0.25, 0.3) is 0 Å². The Hall–Kier alpha value is -2.87. The normalized spacial score (nSPS) is 9.55. The van der Waals surface area contributed by atoms with Gasteiger partial charge in [0.2, 0.25) is 0 Å². The maximum atomic E-state index is 13.2. The van der Waals surface area contributed by atoms with Gasteiger partial charge in [0, 0.05) is 5.56 Å². The van der Waals surface area contributed by atoms with Gasteiger partial charge in [0.25, 0.3) is 5.91 Å². The predicted octanol–water partition coefficient (Wildman–Crippen LogP) is 2.78. The molecule has 2 aromatic rings. The minimum absolute atomic E-state index is 0.0212. The number of rotatable bonds is 4. The van der Waals surface area contributed by atoms with Crippen molar-refractivity contribution in [1.29, 1.82) is 0 Å². The first-order chi connectivity index (χ1) is 10.7. The molecule has 2 rings (SSSR count). The van der Waals surface area contributed by atoms with Crippen molar-refractivity contribution in [2.24, 2.45) is 0 Å². The van der Waals surface area contributed by atoms with Crippen LogP contribution in [0.2, 0.25) is 0 Å². The first kappa shape index (κ1) is 15.5. The molecule has 112 valence electrons. The number of hydrogen-bond acceptors (Lipinski definition) is 2. The molecule has 1 amide bonds.